The molecule has 0 aliphatic rings. The molecule has 3 aromatic rings. The van der Waals surface area contributed by atoms with Crippen LogP contribution in [-0.4, -0.2) is 4.98 Å². The smallest absolute Gasteiger partial charge is 0.416 e. The number of nitrogens with zero attached hydrogens (tertiary/aromatic N) is 1. The fourth-order valence-corrected chi connectivity index (χ4v) is 1.93. The van der Waals surface area contributed by atoms with Gasteiger partial charge in [-0.1, -0.05) is 6.07 Å². The first-order valence-corrected chi connectivity index (χ1v) is 5.35. The van der Waals surface area contributed by atoms with Crippen molar-refractivity contribution in [2.75, 3.05) is 0 Å². The van der Waals surface area contributed by atoms with Gasteiger partial charge in [0.05, 0.1) is 10.9 Å². The molecule has 0 aliphatic heterocycles. The zero-order valence-corrected chi connectivity index (χ0v) is 9.36. The van der Waals surface area contributed by atoms with Crippen molar-refractivity contribution in [2.45, 2.75) is 6.18 Å². The van der Waals surface area contributed by atoms with Crippen molar-refractivity contribution in [3.63, 3.8) is 0 Å². The molecule has 0 saturated heterocycles. The number of hydrogen-bond acceptors (Lipinski definition) is 3. The molecule has 1 aromatic carbocycles. The van der Waals surface area contributed by atoms with Crippen LogP contribution in [0.2, 0.25) is 0 Å². The molecule has 3 rings (SSSR count). The third-order valence-electron chi connectivity index (χ3n) is 2.80. The Kier molecular flexibility index (Phi) is 2.35. The van der Waals surface area contributed by atoms with E-state index in [9.17, 15) is 18.0 Å². The molecule has 2 heterocycles. The van der Waals surface area contributed by atoms with E-state index in [1.54, 1.807) is 12.1 Å². The minimum absolute atomic E-state index is 0.124. The lowest BCUT2D eigenvalue weighted by molar-refractivity contribution is -0.137. The standard InChI is InChI=1S/C13H6F3NO2/c14-13(15,16)7-3-4-8-9(6-7)12(18)19-10-2-1-5-17-11(8)10/h1-6H. The molecular formula is C13H6F3NO2. The molecule has 0 aliphatic carbocycles. The van der Waals surface area contributed by atoms with E-state index in [1.165, 1.54) is 12.3 Å². The van der Waals surface area contributed by atoms with Crippen molar-refractivity contribution >= 4 is 21.9 Å². The summed E-state index contributed by atoms with van der Waals surface area (Å²) in [4.78, 5) is 15.7. The summed E-state index contributed by atoms with van der Waals surface area (Å²) >= 11 is 0. The Morgan fingerprint density at radius 2 is 1.89 bits per heavy atom. The predicted octanol–water partition coefficient (Wildman–Crippen LogP) is 3.36. The second-order valence-corrected chi connectivity index (χ2v) is 4.00. The van der Waals surface area contributed by atoms with Gasteiger partial charge in [-0.15, -0.1) is 0 Å². The van der Waals surface area contributed by atoms with Crippen LogP contribution >= 0.6 is 0 Å². The topological polar surface area (TPSA) is 43.1 Å². The number of pyridine rings is 1. The number of alkyl halides is 3. The summed E-state index contributed by atoms with van der Waals surface area (Å²) in [6.07, 6.45) is -3.01. The molecule has 0 bridgehead atoms. The fourth-order valence-electron chi connectivity index (χ4n) is 1.93. The Hall–Kier alpha value is -2.37. The van der Waals surface area contributed by atoms with Crippen LogP contribution in [0.25, 0.3) is 21.9 Å². The summed E-state index contributed by atoms with van der Waals surface area (Å²) in [7, 11) is 0. The summed E-state index contributed by atoms with van der Waals surface area (Å²) < 4.78 is 42.8. The molecule has 96 valence electrons. The van der Waals surface area contributed by atoms with Crippen LogP contribution in [0.4, 0.5) is 13.2 Å². The van der Waals surface area contributed by atoms with Crippen molar-refractivity contribution in [2.24, 2.45) is 0 Å². The molecule has 3 nitrogen and oxygen atoms in total. The zero-order chi connectivity index (χ0) is 13.6. The Morgan fingerprint density at radius 3 is 2.63 bits per heavy atom. The van der Waals surface area contributed by atoms with Crippen LogP contribution in [0, 0.1) is 0 Å². The Bertz CT molecular complexity index is 837. The quantitative estimate of drug-likeness (QED) is 0.585. The molecule has 19 heavy (non-hydrogen) atoms. The lowest BCUT2D eigenvalue weighted by Gasteiger charge is -2.07. The molecule has 0 saturated carbocycles. The third-order valence-corrected chi connectivity index (χ3v) is 2.80. The molecule has 2 aromatic heterocycles. The zero-order valence-electron chi connectivity index (χ0n) is 9.36. The largest absolute Gasteiger partial charge is 0.421 e. The highest BCUT2D eigenvalue weighted by molar-refractivity contribution is 6.01. The van der Waals surface area contributed by atoms with Gasteiger partial charge in [0, 0.05) is 11.6 Å². The minimum atomic E-state index is -4.50. The van der Waals surface area contributed by atoms with Crippen molar-refractivity contribution in [3.8, 4) is 0 Å². The molecule has 0 unspecified atom stereocenters. The molecular weight excluding hydrogens is 259 g/mol. The first kappa shape index (κ1) is 11.7. The van der Waals surface area contributed by atoms with Crippen LogP contribution < -0.4 is 5.63 Å². The lowest BCUT2D eigenvalue weighted by atomic mass is 10.1. The van der Waals surface area contributed by atoms with Gasteiger partial charge in [0.25, 0.3) is 0 Å². The van der Waals surface area contributed by atoms with Gasteiger partial charge in [-0.2, -0.15) is 13.2 Å². The third kappa shape index (κ3) is 1.85. The number of fused-ring (bicyclic) bond motifs is 3. The van der Waals surface area contributed by atoms with Crippen molar-refractivity contribution < 1.29 is 17.6 Å². The molecule has 0 N–H and O–H groups in total. The maximum Gasteiger partial charge on any atom is 0.416 e. The van der Waals surface area contributed by atoms with Crippen LogP contribution in [-0.2, 0) is 6.18 Å². The molecule has 0 atom stereocenters. The van der Waals surface area contributed by atoms with Crippen LogP contribution in [0.3, 0.4) is 0 Å². The highest BCUT2D eigenvalue weighted by Crippen LogP contribution is 2.31. The van der Waals surface area contributed by atoms with Gasteiger partial charge in [0.15, 0.2) is 5.58 Å². The second-order valence-electron chi connectivity index (χ2n) is 4.00. The van der Waals surface area contributed by atoms with Gasteiger partial charge in [0.1, 0.15) is 5.52 Å². The number of rotatable bonds is 0. The Morgan fingerprint density at radius 1 is 1.11 bits per heavy atom. The van der Waals surface area contributed by atoms with Crippen molar-refractivity contribution in [1.82, 2.24) is 4.98 Å². The fraction of sp³-hybridized carbons (Fsp3) is 0.0769. The first-order valence-electron chi connectivity index (χ1n) is 5.35. The number of hydrogen-bond donors (Lipinski definition) is 0. The number of aromatic nitrogens is 1. The first-order chi connectivity index (χ1) is 8.97. The predicted molar refractivity (Wildman–Crippen MR) is 62.8 cm³/mol. The highest BCUT2D eigenvalue weighted by atomic mass is 19.4. The summed E-state index contributed by atoms with van der Waals surface area (Å²) in [5, 5.41) is 0.223. The maximum atomic E-state index is 12.6. The SMILES string of the molecule is O=c1oc2cccnc2c2ccc(C(F)(F)F)cc12. The van der Waals surface area contributed by atoms with E-state index in [0.717, 1.165) is 12.1 Å². The molecule has 6 heteroatoms. The summed E-state index contributed by atoms with van der Waals surface area (Å²) in [5.74, 6) is 0. The second kappa shape index (κ2) is 3.81. The van der Waals surface area contributed by atoms with Crippen molar-refractivity contribution in [3.05, 3.63) is 52.5 Å². The van der Waals surface area contributed by atoms with Gasteiger partial charge in [-0.25, -0.2) is 4.79 Å². The highest BCUT2D eigenvalue weighted by Gasteiger charge is 2.31. The Labute approximate surface area is 104 Å². The van der Waals surface area contributed by atoms with E-state index in [0.29, 0.717) is 10.9 Å². The molecule has 0 amide bonds. The summed E-state index contributed by atoms with van der Waals surface area (Å²) in [6, 6.07) is 6.08. The van der Waals surface area contributed by atoms with Gasteiger partial charge < -0.3 is 4.42 Å². The van der Waals surface area contributed by atoms with Crippen LogP contribution in [0.15, 0.2) is 45.7 Å². The van der Waals surface area contributed by atoms with Crippen LogP contribution in [0.5, 0.6) is 0 Å². The van der Waals surface area contributed by atoms with E-state index in [4.69, 9.17) is 4.42 Å². The molecule has 0 spiro atoms. The number of halogens is 3. The van der Waals surface area contributed by atoms with E-state index < -0.39 is 17.4 Å². The Balaban J connectivity index is 2.45. The lowest BCUT2D eigenvalue weighted by Crippen LogP contribution is -2.07. The van der Waals surface area contributed by atoms with Crippen LogP contribution in [0.1, 0.15) is 5.56 Å². The van der Waals surface area contributed by atoms with E-state index in [-0.39, 0.29) is 11.0 Å². The average Bonchev–Trinajstić information content (AvgIpc) is 2.37. The molecule has 0 fully saturated rings. The maximum absolute atomic E-state index is 12.6. The van der Waals surface area contributed by atoms with E-state index in [2.05, 4.69) is 4.98 Å². The normalized spacial score (nSPS) is 12.2. The average molecular weight is 265 g/mol. The van der Waals surface area contributed by atoms with E-state index >= 15 is 0 Å². The minimum Gasteiger partial charge on any atom is -0.421 e. The van der Waals surface area contributed by atoms with Gasteiger partial charge in [-0.3, -0.25) is 4.98 Å². The van der Waals surface area contributed by atoms with Crippen molar-refractivity contribution in [1.29, 1.82) is 0 Å². The number of benzene rings is 1. The van der Waals surface area contributed by atoms with Gasteiger partial charge in [0.2, 0.25) is 0 Å². The molecule has 0 radical (unpaired) electrons. The monoisotopic (exact) mass is 265 g/mol. The summed E-state index contributed by atoms with van der Waals surface area (Å²) in [5.41, 5.74) is -1.07. The van der Waals surface area contributed by atoms with Gasteiger partial charge >= 0.3 is 11.8 Å². The van der Waals surface area contributed by atoms with E-state index in [1.807, 2.05) is 0 Å². The summed E-state index contributed by atoms with van der Waals surface area (Å²) in [6.45, 7) is 0. The van der Waals surface area contributed by atoms with Gasteiger partial charge in [-0.05, 0) is 24.3 Å².